The predicted octanol–water partition coefficient (Wildman–Crippen LogP) is 1.34. The van der Waals surface area contributed by atoms with Crippen LogP contribution in [0.2, 0.25) is 0 Å². The molecule has 5 rings (SSSR count). The van der Waals surface area contributed by atoms with Gasteiger partial charge in [0, 0.05) is 12.1 Å². The molecule has 0 aromatic carbocycles. The lowest BCUT2D eigenvalue weighted by Gasteiger charge is -2.35. The minimum atomic E-state index is -0.484. The maximum absolute atomic E-state index is 12.3. The molecule has 2 aliphatic carbocycles. The number of nitrogens with two attached hydrogens (primary N) is 1. The van der Waals surface area contributed by atoms with Crippen molar-refractivity contribution in [2.75, 3.05) is 19.4 Å². The Hall–Kier alpha value is -3.39. The van der Waals surface area contributed by atoms with Gasteiger partial charge in [0.1, 0.15) is 17.8 Å². The smallest absolute Gasteiger partial charge is 0.410 e. The van der Waals surface area contributed by atoms with E-state index in [1.807, 2.05) is 0 Å². The molecular weight excluding hydrogens is 426 g/mol. The van der Waals surface area contributed by atoms with Gasteiger partial charge in [-0.25, -0.2) is 19.7 Å². The minimum Gasteiger partial charge on any atom is -0.453 e. The SMILES string of the molecule is COC(=O)N(CC#Cc1nc(N)c2ncn(C3CCC(C(=O)NC4CC4)O3)c2n1)C1CCC1. The Morgan fingerprint density at radius 2 is 2.09 bits per heavy atom. The Morgan fingerprint density at radius 3 is 2.79 bits per heavy atom. The second-order valence-electron chi connectivity index (χ2n) is 8.68. The van der Waals surface area contributed by atoms with Crippen molar-refractivity contribution in [3.63, 3.8) is 0 Å². The molecule has 33 heavy (non-hydrogen) atoms. The van der Waals surface area contributed by atoms with Gasteiger partial charge in [0.15, 0.2) is 11.5 Å². The van der Waals surface area contributed by atoms with Crippen molar-refractivity contribution in [3.8, 4) is 11.8 Å². The van der Waals surface area contributed by atoms with E-state index in [4.69, 9.17) is 15.2 Å². The fourth-order valence-corrected chi connectivity index (χ4v) is 4.11. The van der Waals surface area contributed by atoms with Crippen LogP contribution in [0.4, 0.5) is 10.6 Å². The molecule has 0 spiro atoms. The molecule has 3 aliphatic rings. The molecule has 2 saturated carbocycles. The highest BCUT2D eigenvalue weighted by Crippen LogP contribution is 2.32. The Balaban J connectivity index is 1.32. The number of rotatable bonds is 5. The minimum absolute atomic E-state index is 0.0632. The van der Waals surface area contributed by atoms with E-state index in [1.54, 1.807) is 15.8 Å². The van der Waals surface area contributed by atoms with E-state index >= 15 is 0 Å². The molecule has 1 saturated heterocycles. The van der Waals surface area contributed by atoms with Crippen molar-refractivity contribution in [2.45, 2.75) is 69.4 Å². The normalized spacial score (nSPS) is 22.3. The molecule has 0 bridgehead atoms. The number of methoxy groups -OCH3 is 1. The number of anilines is 1. The van der Waals surface area contributed by atoms with E-state index in [9.17, 15) is 9.59 Å². The number of amides is 2. The zero-order valence-electron chi connectivity index (χ0n) is 18.5. The Labute approximate surface area is 191 Å². The van der Waals surface area contributed by atoms with Crippen molar-refractivity contribution in [3.05, 3.63) is 12.2 Å². The first-order chi connectivity index (χ1) is 16.0. The van der Waals surface area contributed by atoms with E-state index in [0.29, 0.717) is 30.0 Å². The number of carbonyl (C=O) groups is 2. The van der Waals surface area contributed by atoms with Gasteiger partial charge in [-0.05, 0) is 50.9 Å². The molecule has 3 fully saturated rings. The molecule has 3 N–H and O–H groups in total. The second kappa shape index (κ2) is 8.86. The lowest BCUT2D eigenvalue weighted by atomic mass is 9.92. The molecule has 2 aromatic rings. The molecule has 2 unspecified atom stereocenters. The summed E-state index contributed by atoms with van der Waals surface area (Å²) in [5, 5.41) is 2.99. The zero-order valence-corrected chi connectivity index (χ0v) is 18.5. The van der Waals surface area contributed by atoms with Crippen LogP contribution in [0.5, 0.6) is 0 Å². The lowest BCUT2D eigenvalue weighted by molar-refractivity contribution is -0.134. The number of hydrogen-bond acceptors (Lipinski definition) is 8. The highest BCUT2D eigenvalue weighted by atomic mass is 16.5. The van der Waals surface area contributed by atoms with E-state index < -0.39 is 6.10 Å². The van der Waals surface area contributed by atoms with Crippen molar-refractivity contribution in [1.82, 2.24) is 29.7 Å². The Bertz CT molecular complexity index is 1130. The number of carbonyl (C=O) groups excluding carboxylic acids is 2. The van der Waals surface area contributed by atoms with E-state index in [2.05, 4.69) is 32.1 Å². The van der Waals surface area contributed by atoms with Gasteiger partial charge in [0.25, 0.3) is 0 Å². The molecule has 1 aliphatic heterocycles. The van der Waals surface area contributed by atoms with Crippen LogP contribution in [0.1, 0.15) is 57.0 Å². The van der Waals surface area contributed by atoms with Crippen LogP contribution in [0.25, 0.3) is 11.2 Å². The van der Waals surface area contributed by atoms with Crippen molar-refractivity contribution in [1.29, 1.82) is 0 Å². The van der Waals surface area contributed by atoms with E-state index in [1.165, 1.54) is 7.11 Å². The lowest BCUT2D eigenvalue weighted by Crippen LogP contribution is -2.44. The van der Waals surface area contributed by atoms with E-state index in [0.717, 1.165) is 32.1 Å². The van der Waals surface area contributed by atoms with Gasteiger partial charge >= 0.3 is 6.09 Å². The summed E-state index contributed by atoms with van der Waals surface area (Å²) in [5.41, 5.74) is 7.06. The van der Waals surface area contributed by atoms with Crippen molar-refractivity contribution in [2.24, 2.45) is 0 Å². The van der Waals surface area contributed by atoms with Crippen LogP contribution in [0.3, 0.4) is 0 Å². The molecule has 0 radical (unpaired) electrons. The van der Waals surface area contributed by atoms with Gasteiger partial charge in [-0.3, -0.25) is 14.3 Å². The molecule has 11 heteroatoms. The first-order valence-electron chi connectivity index (χ1n) is 11.3. The average molecular weight is 454 g/mol. The number of nitrogen functional groups attached to an aromatic ring is 1. The third kappa shape index (κ3) is 4.43. The quantitative estimate of drug-likeness (QED) is 0.647. The number of nitrogens with zero attached hydrogens (tertiary/aromatic N) is 5. The first kappa shape index (κ1) is 21.5. The molecular formula is C22H27N7O4. The van der Waals surface area contributed by atoms with Gasteiger partial charge in [0.05, 0.1) is 20.0 Å². The van der Waals surface area contributed by atoms with Crippen LogP contribution < -0.4 is 11.1 Å². The van der Waals surface area contributed by atoms with Crippen LogP contribution in [-0.2, 0) is 14.3 Å². The van der Waals surface area contributed by atoms with Gasteiger partial charge in [-0.1, -0.05) is 5.92 Å². The predicted molar refractivity (Wildman–Crippen MR) is 118 cm³/mol. The summed E-state index contributed by atoms with van der Waals surface area (Å²) in [5.74, 6) is 6.26. The number of imidazole rings is 1. The summed E-state index contributed by atoms with van der Waals surface area (Å²) >= 11 is 0. The third-order valence-corrected chi connectivity index (χ3v) is 6.35. The number of fused-ring (bicyclic) bond motifs is 1. The van der Waals surface area contributed by atoms with Crippen LogP contribution in [-0.4, -0.2) is 68.3 Å². The summed E-state index contributed by atoms with van der Waals surface area (Å²) in [4.78, 5) is 39.1. The van der Waals surface area contributed by atoms with Crippen molar-refractivity contribution >= 4 is 29.0 Å². The molecule has 2 amide bonds. The summed E-state index contributed by atoms with van der Waals surface area (Å²) in [7, 11) is 1.37. The molecule has 2 atom stereocenters. The first-order valence-corrected chi connectivity index (χ1v) is 11.3. The molecule has 11 nitrogen and oxygen atoms in total. The standard InChI is InChI=1S/C22H27N7O4/c1-32-22(31)28(14-4-2-5-14)11-3-6-16-26-19(23)18-20(27-16)29(12-24-18)17-10-9-15(33-17)21(30)25-13-7-8-13/h12-15,17H,2,4-5,7-11H2,1H3,(H,25,30)(H2,23,26,27). The Kier molecular flexibility index (Phi) is 5.76. The van der Waals surface area contributed by atoms with Crippen LogP contribution >= 0.6 is 0 Å². The summed E-state index contributed by atoms with van der Waals surface area (Å²) in [6.45, 7) is 0.224. The largest absolute Gasteiger partial charge is 0.453 e. The average Bonchev–Trinajstić information content (AvgIpc) is 3.27. The molecule has 2 aromatic heterocycles. The fraction of sp³-hybridized carbons (Fsp3) is 0.591. The number of hydrogen-bond donors (Lipinski definition) is 2. The fourth-order valence-electron chi connectivity index (χ4n) is 4.11. The maximum Gasteiger partial charge on any atom is 0.410 e. The van der Waals surface area contributed by atoms with Crippen LogP contribution in [0, 0.1) is 11.8 Å². The zero-order chi connectivity index (χ0) is 22.9. The Morgan fingerprint density at radius 1 is 1.27 bits per heavy atom. The third-order valence-electron chi connectivity index (χ3n) is 6.35. The maximum atomic E-state index is 12.3. The van der Waals surface area contributed by atoms with Crippen molar-refractivity contribution < 1.29 is 19.1 Å². The van der Waals surface area contributed by atoms with Gasteiger partial charge < -0.3 is 20.5 Å². The number of aromatic nitrogens is 4. The summed E-state index contributed by atoms with van der Waals surface area (Å²) in [6, 6.07) is 0.452. The highest BCUT2D eigenvalue weighted by Gasteiger charge is 2.35. The number of ether oxygens (including phenoxy) is 2. The molecule has 3 heterocycles. The second-order valence-corrected chi connectivity index (χ2v) is 8.68. The highest BCUT2D eigenvalue weighted by molar-refractivity contribution is 5.83. The van der Waals surface area contributed by atoms with E-state index in [-0.39, 0.29) is 42.5 Å². The molecule has 174 valence electrons. The van der Waals surface area contributed by atoms with Gasteiger partial charge in [0.2, 0.25) is 11.7 Å². The summed E-state index contributed by atoms with van der Waals surface area (Å²) < 4.78 is 12.6. The number of nitrogens with one attached hydrogen (secondary N) is 1. The van der Waals surface area contributed by atoms with Crippen LogP contribution in [0.15, 0.2) is 6.33 Å². The van der Waals surface area contributed by atoms with Gasteiger partial charge in [-0.15, -0.1) is 0 Å². The summed E-state index contributed by atoms with van der Waals surface area (Å²) in [6.07, 6.45) is 6.72. The topological polar surface area (TPSA) is 137 Å². The van der Waals surface area contributed by atoms with Gasteiger partial charge in [-0.2, -0.15) is 0 Å². The monoisotopic (exact) mass is 453 g/mol.